The molecule has 1 aliphatic rings. The molecular formula is C40H64O7. The molecule has 2 aromatic rings. The summed E-state index contributed by atoms with van der Waals surface area (Å²) < 4.78 is 18.9. The van der Waals surface area contributed by atoms with Gasteiger partial charge in [-0.3, -0.25) is 0 Å². The largest absolute Gasteiger partial charge is 0.394 e. The van der Waals surface area contributed by atoms with Crippen molar-refractivity contribution in [3.05, 3.63) is 71.8 Å². The molecule has 0 radical (unpaired) electrons. The first-order chi connectivity index (χ1) is 22.9. The molecule has 0 bridgehead atoms. The molecule has 1 heterocycles. The van der Waals surface area contributed by atoms with E-state index in [0.29, 0.717) is 32.5 Å². The summed E-state index contributed by atoms with van der Waals surface area (Å²) >= 11 is 0. The van der Waals surface area contributed by atoms with E-state index in [1.165, 1.54) is 64.2 Å². The Morgan fingerprint density at radius 2 is 1.15 bits per heavy atom. The molecule has 4 N–H and O–H groups in total. The van der Waals surface area contributed by atoms with Gasteiger partial charge in [0.25, 0.3) is 0 Å². The van der Waals surface area contributed by atoms with Crippen molar-refractivity contribution >= 4 is 0 Å². The predicted molar refractivity (Wildman–Crippen MR) is 188 cm³/mol. The van der Waals surface area contributed by atoms with Crippen molar-refractivity contribution < 1.29 is 34.6 Å². The minimum atomic E-state index is -1.07. The zero-order chi connectivity index (χ0) is 33.7. The van der Waals surface area contributed by atoms with Crippen LogP contribution in [0.3, 0.4) is 0 Å². The van der Waals surface area contributed by atoms with Crippen LogP contribution in [0.2, 0.25) is 0 Å². The van der Waals surface area contributed by atoms with Crippen molar-refractivity contribution in [2.24, 2.45) is 5.92 Å². The molecule has 3 rings (SSSR count). The molecule has 1 saturated heterocycles. The van der Waals surface area contributed by atoms with Crippen LogP contribution in [-0.2, 0) is 27.4 Å². The molecule has 266 valence electrons. The molecule has 47 heavy (non-hydrogen) atoms. The van der Waals surface area contributed by atoms with Crippen LogP contribution < -0.4 is 0 Å². The van der Waals surface area contributed by atoms with E-state index >= 15 is 0 Å². The lowest BCUT2D eigenvalue weighted by molar-refractivity contribution is -0.259. The third-order valence-electron chi connectivity index (χ3n) is 9.75. The zero-order valence-corrected chi connectivity index (χ0v) is 29.1. The SMILES string of the molecule is CCCCCCCCCCCCCC[C@@H](O)[C@@H](O)[C@@H](C)CC[C@@H]1OC(CO)[C@H](O)[C@H](OCc2ccccc2)C1OCc1ccccc1. The lowest BCUT2D eigenvalue weighted by atomic mass is 9.87. The summed E-state index contributed by atoms with van der Waals surface area (Å²) in [6, 6.07) is 19.6. The second kappa shape index (κ2) is 23.5. The molecule has 7 nitrogen and oxygen atoms in total. The van der Waals surface area contributed by atoms with E-state index in [2.05, 4.69) is 6.92 Å². The topological polar surface area (TPSA) is 109 Å². The second-order valence-electron chi connectivity index (χ2n) is 13.7. The van der Waals surface area contributed by atoms with Crippen LogP contribution in [0.5, 0.6) is 0 Å². The van der Waals surface area contributed by atoms with Gasteiger partial charge in [-0.25, -0.2) is 0 Å². The average molecular weight is 657 g/mol. The first kappa shape index (κ1) is 39.6. The fourth-order valence-electron chi connectivity index (χ4n) is 6.65. The van der Waals surface area contributed by atoms with Gasteiger partial charge in [-0.15, -0.1) is 0 Å². The fourth-order valence-corrected chi connectivity index (χ4v) is 6.65. The van der Waals surface area contributed by atoms with E-state index in [-0.39, 0.29) is 12.5 Å². The van der Waals surface area contributed by atoms with Gasteiger partial charge in [0.05, 0.1) is 38.1 Å². The van der Waals surface area contributed by atoms with Gasteiger partial charge in [0, 0.05) is 0 Å². The van der Waals surface area contributed by atoms with Gasteiger partial charge in [0.15, 0.2) is 0 Å². The first-order valence-electron chi connectivity index (χ1n) is 18.6. The van der Waals surface area contributed by atoms with E-state index in [4.69, 9.17) is 14.2 Å². The number of aliphatic hydroxyl groups excluding tert-OH is 4. The summed E-state index contributed by atoms with van der Waals surface area (Å²) in [7, 11) is 0. The molecule has 1 aliphatic heterocycles. The van der Waals surface area contributed by atoms with E-state index in [1.54, 1.807) is 0 Å². The predicted octanol–water partition coefficient (Wildman–Crippen LogP) is 7.51. The van der Waals surface area contributed by atoms with Crippen LogP contribution in [0.25, 0.3) is 0 Å². The standard InChI is InChI=1S/C40H64O7/c1-3-4-5-6-7-8-9-10-11-12-13-20-25-34(42)37(43)31(2)26-27-35-39(45-29-32-21-16-14-17-22-32)40(38(44)36(28-41)47-35)46-30-33-23-18-15-19-24-33/h14-19,21-24,31,34-44H,3-13,20,25-30H2,1-2H3/t31-,34+,35-,36?,37-,38-,39?,40-/m0/s1. The Morgan fingerprint density at radius 3 is 1.66 bits per heavy atom. The lowest BCUT2D eigenvalue weighted by Crippen LogP contribution is -2.60. The number of benzene rings is 2. The van der Waals surface area contributed by atoms with Gasteiger partial charge in [-0.1, -0.05) is 152 Å². The van der Waals surface area contributed by atoms with Crippen molar-refractivity contribution in [2.75, 3.05) is 6.61 Å². The highest BCUT2D eigenvalue weighted by Crippen LogP contribution is 2.31. The fraction of sp³-hybridized carbons (Fsp3) is 0.700. The maximum absolute atomic E-state index is 11.2. The highest BCUT2D eigenvalue weighted by atomic mass is 16.6. The first-order valence-corrected chi connectivity index (χ1v) is 18.6. The number of aliphatic hydroxyl groups is 4. The number of hydrogen-bond acceptors (Lipinski definition) is 7. The third kappa shape index (κ3) is 14.7. The van der Waals surface area contributed by atoms with Crippen LogP contribution >= 0.6 is 0 Å². The molecule has 8 atom stereocenters. The molecule has 2 aromatic carbocycles. The summed E-state index contributed by atoms with van der Waals surface area (Å²) in [5.41, 5.74) is 1.97. The molecule has 1 fully saturated rings. The van der Waals surface area contributed by atoms with Crippen molar-refractivity contribution in [1.82, 2.24) is 0 Å². The summed E-state index contributed by atoms with van der Waals surface area (Å²) in [5.74, 6) is -0.163. The van der Waals surface area contributed by atoms with Gasteiger partial charge in [0.2, 0.25) is 0 Å². The van der Waals surface area contributed by atoms with Crippen molar-refractivity contribution in [1.29, 1.82) is 0 Å². The van der Waals surface area contributed by atoms with Crippen LogP contribution in [0.15, 0.2) is 60.7 Å². The van der Waals surface area contributed by atoms with E-state index < -0.39 is 42.7 Å². The summed E-state index contributed by atoms with van der Waals surface area (Å²) in [6.07, 6.45) is 11.6. The number of unbranched alkanes of at least 4 members (excludes halogenated alkanes) is 11. The average Bonchev–Trinajstić information content (AvgIpc) is 3.10. The highest BCUT2D eigenvalue weighted by molar-refractivity contribution is 5.14. The summed E-state index contributed by atoms with van der Waals surface area (Å²) in [4.78, 5) is 0. The Kier molecular flexibility index (Phi) is 19.8. The molecule has 0 amide bonds. The van der Waals surface area contributed by atoms with Crippen molar-refractivity contribution in [3.63, 3.8) is 0 Å². The van der Waals surface area contributed by atoms with Crippen molar-refractivity contribution in [3.8, 4) is 0 Å². The molecule has 0 aliphatic carbocycles. The van der Waals surface area contributed by atoms with Crippen LogP contribution in [0.4, 0.5) is 0 Å². The quantitative estimate of drug-likeness (QED) is 0.0820. The van der Waals surface area contributed by atoms with E-state index in [1.807, 2.05) is 67.6 Å². The van der Waals surface area contributed by atoms with Gasteiger partial charge in [0.1, 0.15) is 24.4 Å². The molecule has 2 unspecified atom stereocenters. The van der Waals surface area contributed by atoms with Crippen LogP contribution in [0.1, 0.15) is 121 Å². The monoisotopic (exact) mass is 656 g/mol. The van der Waals surface area contributed by atoms with E-state index in [9.17, 15) is 20.4 Å². The molecule has 7 heteroatoms. The van der Waals surface area contributed by atoms with Gasteiger partial charge < -0.3 is 34.6 Å². The Morgan fingerprint density at radius 1 is 0.660 bits per heavy atom. The Balaban J connectivity index is 1.47. The number of hydrogen-bond donors (Lipinski definition) is 4. The Labute approximate surface area is 284 Å². The maximum atomic E-state index is 11.2. The minimum absolute atomic E-state index is 0.163. The normalized spacial score (nSPS) is 23.4. The van der Waals surface area contributed by atoms with Gasteiger partial charge in [-0.2, -0.15) is 0 Å². The smallest absolute Gasteiger partial charge is 0.115 e. The molecule has 0 aromatic heterocycles. The lowest BCUT2D eigenvalue weighted by Gasteiger charge is -2.44. The Hall–Kier alpha value is -1.84. The number of ether oxygens (including phenoxy) is 3. The summed E-state index contributed by atoms with van der Waals surface area (Å²) in [6.45, 7) is 4.49. The van der Waals surface area contributed by atoms with Crippen LogP contribution in [0, 0.1) is 5.92 Å². The molecular weight excluding hydrogens is 592 g/mol. The minimum Gasteiger partial charge on any atom is -0.394 e. The number of rotatable bonds is 25. The zero-order valence-electron chi connectivity index (χ0n) is 29.1. The highest BCUT2D eigenvalue weighted by Gasteiger charge is 2.46. The van der Waals surface area contributed by atoms with Crippen molar-refractivity contribution in [2.45, 2.75) is 166 Å². The second-order valence-corrected chi connectivity index (χ2v) is 13.7. The van der Waals surface area contributed by atoms with Crippen LogP contribution in [-0.4, -0.2) is 69.8 Å². The maximum Gasteiger partial charge on any atom is 0.115 e. The Bertz CT molecular complexity index is 1020. The molecule has 0 spiro atoms. The third-order valence-corrected chi connectivity index (χ3v) is 9.75. The van der Waals surface area contributed by atoms with Gasteiger partial charge >= 0.3 is 0 Å². The van der Waals surface area contributed by atoms with Gasteiger partial charge in [-0.05, 0) is 36.3 Å². The molecule has 0 saturated carbocycles. The summed E-state index contributed by atoms with van der Waals surface area (Å²) in [5, 5.41) is 43.0. The van der Waals surface area contributed by atoms with E-state index in [0.717, 1.165) is 24.0 Å².